The van der Waals surface area contributed by atoms with Crippen LogP contribution in [0.2, 0.25) is 0 Å². The molecule has 0 unspecified atom stereocenters. The fraction of sp³-hybridized carbons (Fsp3) is 0.185. The average molecular weight is 428 g/mol. The Bertz CT molecular complexity index is 1230. The van der Waals surface area contributed by atoms with Crippen LogP contribution in [0.3, 0.4) is 0 Å². The molecular weight excluding hydrogens is 402 g/mol. The molecule has 0 bridgehead atoms. The van der Waals surface area contributed by atoms with E-state index < -0.39 is 17.9 Å². The second-order valence-electron chi connectivity index (χ2n) is 7.77. The summed E-state index contributed by atoms with van der Waals surface area (Å²) in [5.41, 5.74) is 5.11. The molecule has 3 aromatic rings. The van der Waals surface area contributed by atoms with Gasteiger partial charge in [0.15, 0.2) is 0 Å². The van der Waals surface area contributed by atoms with Crippen LogP contribution in [-0.4, -0.2) is 26.2 Å². The van der Waals surface area contributed by atoms with Crippen LogP contribution in [-0.2, 0) is 19.1 Å². The minimum atomic E-state index is -0.585. The van der Waals surface area contributed by atoms with Crippen molar-refractivity contribution in [2.75, 3.05) is 14.2 Å². The van der Waals surface area contributed by atoms with E-state index in [1.165, 1.54) is 25.0 Å². The Hall–Kier alpha value is -3.86. The number of carbonyl (C=O) groups excluding carboxylic acids is 2. The Morgan fingerprint density at radius 3 is 1.91 bits per heavy atom. The first-order chi connectivity index (χ1) is 15.5. The Balaban J connectivity index is 1.83. The number of allylic oxidation sites excluding steroid dienone is 2. The van der Waals surface area contributed by atoms with E-state index in [0.717, 1.165) is 16.7 Å². The molecule has 3 aromatic carbocycles. The van der Waals surface area contributed by atoms with E-state index in [1.54, 1.807) is 13.8 Å². The minimum absolute atomic E-state index is 0.399. The third-order valence-electron chi connectivity index (χ3n) is 5.92. The molecule has 1 aliphatic rings. The fourth-order valence-electron chi connectivity index (χ4n) is 4.42. The highest BCUT2D eigenvalue weighted by atomic mass is 16.5. The molecule has 0 amide bonds. The molecule has 0 radical (unpaired) electrons. The van der Waals surface area contributed by atoms with Crippen LogP contribution >= 0.6 is 0 Å². The summed E-state index contributed by atoms with van der Waals surface area (Å²) in [5.74, 6) is -1.54. The van der Waals surface area contributed by atoms with E-state index >= 15 is 0 Å². The minimum Gasteiger partial charge on any atom is -0.466 e. The normalized spacial score (nSPS) is 14.4. The van der Waals surface area contributed by atoms with Gasteiger partial charge in [0.1, 0.15) is 0 Å². The summed E-state index contributed by atoms with van der Waals surface area (Å²) in [7, 11) is 2.68. The number of hydrogen-bond donors (Lipinski definition) is 1. The lowest BCUT2D eigenvalue weighted by molar-refractivity contribution is -0.137. The number of ether oxygens (including phenoxy) is 2. The highest BCUT2D eigenvalue weighted by Gasteiger charge is 2.37. The Labute approximate surface area is 187 Å². The van der Waals surface area contributed by atoms with Crippen LogP contribution < -0.4 is 5.32 Å². The monoisotopic (exact) mass is 427 g/mol. The van der Waals surface area contributed by atoms with E-state index in [-0.39, 0.29) is 0 Å². The van der Waals surface area contributed by atoms with Gasteiger partial charge in [-0.2, -0.15) is 0 Å². The van der Waals surface area contributed by atoms with Gasteiger partial charge >= 0.3 is 11.9 Å². The first kappa shape index (κ1) is 21.4. The van der Waals surface area contributed by atoms with Crippen molar-refractivity contribution >= 4 is 22.7 Å². The first-order valence-corrected chi connectivity index (χ1v) is 10.4. The van der Waals surface area contributed by atoms with E-state index in [0.29, 0.717) is 22.5 Å². The zero-order valence-corrected chi connectivity index (χ0v) is 18.6. The predicted molar refractivity (Wildman–Crippen MR) is 125 cm³/mol. The largest absolute Gasteiger partial charge is 0.466 e. The van der Waals surface area contributed by atoms with Crippen molar-refractivity contribution in [3.63, 3.8) is 0 Å². The van der Waals surface area contributed by atoms with Gasteiger partial charge in [-0.05, 0) is 41.3 Å². The molecule has 0 spiro atoms. The standard InChI is InChI=1S/C27H25NO4/c1-16-23(26(29)31-3)25(24(17(2)28-16)27(30)32-4)20-14-12-19(13-15-20)22-11-7-9-18-8-5-6-10-21(18)22/h5-15,25,28H,1-4H3. The fourth-order valence-corrected chi connectivity index (χ4v) is 4.42. The maximum Gasteiger partial charge on any atom is 0.336 e. The number of dihydropyridines is 1. The number of rotatable bonds is 4. The molecule has 0 atom stereocenters. The van der Waals surface area contributed by atoms with Crippen molar-refractivity contribution in [3.8, 4) is 11.1 Å². The lowest BCUT2D eigenvalue weighted by Gasteiger charge is -2.30. The molecule has 0 aliphatic carbocycles. The molecule has 5 nitrogen and oxygen atoms in total. The third-order valence-corrected chi connectivity index (χ3v) is 5.92. The van der Waals surface area contributed by atoms with Crippen LogP contribution in [0.25, 0.3) is 21.9 Å². The lowest BCUT2D eigenvalue weighted by atomic mass is 9.80. The number of hydrogen-bond acceptors (Lipinski definition) is 5. The van der Waals surface area contributed by atoms with Gasteiger partial charge in [0.25, 0.3) is 0 Å². The predicted octanol–water partition coefficient (Wildman–Crippen LogP) is 5.09. The molecule has 1 aliphatic heterocycles. The third kappa shape index (κ3) is 3.66. The van der Waals surface area contributed by atoms with Gasteiger partial charge in [0.05, 0.1) is 31.3 Å². The van der Waals surface area contributed by atoms with Crippen molar-refractivity contribution in [2.24, 2.45) is 0 Å². The van der Waals surface area contributed by atoms with E-state index in [2.05, 4.69) is 29.6 Å². The second kappa shape index (κ2) is 8.71. The Kier molecular flexibility index (Phi) is 5.82. The van der Waals surface area contributed by atoms with Crippen LogP contribution in [0.1, 0.15) is 25.3 Å². The zero-order valence-electron chi connectivity index (χ0n) is 18.6. The SMILES string of the molecule is COC(=O)C1=C(C)NC(C)=C(C(=O)OC)C1c1ccc(-c2cccc3ccccc23)cc1. The number of carbonyl (C=O) groups is 2. The molecule has 32 heavy (non-hydrogen) atoms. The van der Waals surface area contributed by atoms with Crippen LogP contribution in [0.4, 0.5) is 0 Å². The van der Waals surface area contributed by atoms with Gasteiger partial charge in [-0.3, -0.25) is 0 Å². The summed E-state index contributed by atoms with van der Waals surface area (Å²) in [5, 5.41) is 5.46. The number of methoxy groups -OCH3 is 2. The highest BCUT2D eigenvalue weighted by Crippen LogP contribution is 2.40. The number of esters is 2. The number of benzene rings is 3. The van der Waals surface area contributed by atoms with Gasteiger partial charge in [0.2, 0.25) is 0 Å². The average Bonchev–Trinajstić information content (AvgIpc) is 2.82. The molecule has 162 valence electrons. The van der Waals surface area contributed by atoms with Crippen LogP contribution in [0.15, 0.2) is 89.3 Å². The first-order valence-electron chi connectivity index (χ1n) is 10.4. The zero-order chi connectivity index (χ0) is 22.8. The molecule has 0 saturated heterocycles. The van der Waals surface area contributed by atoms with Crippen molar-refractivity contribution in [1.82, 2.24) is 5.32 Å². The van der Waals surface area contributed by atoms with Crippen LogP contribution in [0.5, 0.6) is 0 Å². The summed E-state index contributed by atoms with van der Waals surface area (Å²) in [6, 6.07) is 22.4. The molecule has 1 heterocycles. The van der Waals surface area contributed by atoms with Gasteiger partial charge < -0.3 is 14.8 Å². The van der Waals surface area contributed by atoms with Crippen molar-refractivity contribution < 1.29 is 19.1 Å². The van der Waals surface area contributed by atoms with E-state index in [9.17, 15) is 9.59 Å². The molecule has 0 aromatic heterocycles. The summed E-state index contributed by atoms with van der Waals surface area (Å²) in [4.78, 5) is 25.3. The topological polar surface area (TPSA) is 64.6 Å². The Morgan fingerprint density at radius 2 is 1.31 bits per heavy atom. The lowest BCUT2D eigenvalue weighted by Crippen LogP contribution is -2.32. The summed E-state index contributed by atoms with van der Waals surface area (Å²) < 4.78 is 10.1. The van der Waals surface area contributed by atoms with Crippen molar-refractivity contribution in [1.29, 1.82) is 0 Å². The molecule has 4 rings (SSSR count). The molecular formula is C27H25NO4. The van der Waals surface area contributed by atoms with Gasteiger partial charge in [0, 0.05) is 11.4 Å². The number of nitrogens with one attached hydrogen (secondary N) is 1. The van der Waals surface area contributed by atoms with E-state index in [4.69, 9.17) is 9.47 Å². The van der Waals surface area contributed by atoms with Gasteiger partial charge in [-0.1, -0.05) is 66.7 Å². The quantitative estimate of drug-likeness (QED) is 0.588. The summed E-state index contributed by atoms with van der Waals surface area (Å²) in [6.45, 7) is 3.61. The molecule has 1 N–H and O–H groups in total. The van der Waals surface area contributed by atoms with Crippen molar-refractivity contribution in [2.45, 2.75) is 19.8 Å². The molecule has 0 saturated carbocycles. The molecule has 0 fully saturated rings. The van der Waals surface area contributed by atoms with Crippen LogP contribution in [0, 0.1) is 0 Å². The Morgan fingerprint density at radius 1 is 0.750 bits per heavy atom. The second-order valence-corrected chi connectivity index (χ2v) is 7.77. The highest BCUT2D eigenvalue weighted by molar-refractivity contribution is 6.00. The summed E-state index contributed by atoms with van der Waals surface area (Å²) in [6.07, 6.45) is 0. The van der Waals surface area contributed by atoms with Gasteiger partial charge in [-0.25, -0.2) is 9.59 Å². The van der Waals surface area contributed by atoms with E-state index in [1.807, 2.05) is 42.5 Å². The van der Waals surface area contributed by atoms with Gasteiger partial charge in [-0.15, -0.1) is 0 Å². The summed E-state index contributed by atoms with van der Waals surface area (Å²) >= 11 is 0. The smallest absolute Gasteiger partial charge is 0.336 e. The molecule has 5 heteroatoms. The van der Waals surface area contributed by atoms with Crippen molar-refractivity contribution in [3.05, 3.63) is 94.8 Å². The maximum absolute atomic E-state index is 12.7. The number of fused-ring (bicyclic) bond motifs is 1. The maximum atomic E-state index is 12.7.